The second-order valence-corrected chi connectivity index (χ2v) is 6.51. The summed E-state index contributed by atoms with van der Waals surface area (Å²) in [5.74, 6) is -0.839. The van der Waals surface area contributed by atoms with Gasteiger partial charge in [0.15, 0.2) is 0 Å². The smallest absolute Gasteiger partial charge is 0.308 e. The van der Waals surface area contributed by atoms with Crippen LogP contribution in [0.5, 0.6) is 5.75 Å². The Bertz CT molecular complexity index is 656. The van der Waals surface area contributed by atoms with Crippen molar-refractivity contribution in [3.05, 3.63) is 33.8 Å². The standard InChI is InChI=1S/C16H16BrNO4/c17-11-4-5-14-9(7-11)6-10(8-22-14)15(19)18-13-3-1-2-12(13)16(20)21/h4-7,12-13H,1-3,8H2,(H,18,19)(H,20,21)/t12-,13+/m1/s1. The Morgan fingerprint density at radius 1 is 1.32 bits per heavy atom. The number of fused-ring (bicyclic) bond motifs is 1. The lowest BCUT2D eigenvalue weighted by molar-refractivity contribution is -0.142. The molecule has 6 heteroatoms. The van der Waals surface area contributed by atoms with E-state index >= 15 is 0 Å². The van der Waals surface area contributed by atoms with Crippen molar-refractivity contribution in [1.82, 2.24) is 5.32 Å². The largest absolute Gasteiger partial charge is 0.488 e. The van der Waals surface area contributed by atoms with Crippen molar-refractivity contribution in [1.29, 1.82) is 0 Å². The number of ether oxygens (including phenoxy) is 1. The fourth-order valence-corrected chi connectivity index (χ4v) is 3.35. The molecule has 5 nitrogen and oxygen atoms in total. The Hall–Kier alpha value is -1.82. The van der Waals surface area contributed by atoms with Crippen molar-refractivity contribution >= 4 is 33.9 Å². The molecule has 1 heterocycles. The number of carboxylic acid groups (broad SMARTS) is 1. The van der Waals surface area contributed by atoms with Gasteiger partial charge in [-0.25, -0.2) is 0 Å². The summed E-state index contributed by atoms with van der Waals surface area (Å²) in [6.45, 7) is 0.199. The normalized spacial score (nSPS) is 23.2. The predicted octanol–water partition coefficient (Wildman–Crippen LogP) is 2.59. The molecule has 0 spiro atoms. The zero-order valence-corrected chi connectivity index (χ0v) is 13.4. The first-order valence-electron chi connectivity index (χ1n) is 7.21. The highest BCUT2D eigenvalue weighted by Gasteiger charge is 2.34. The Labute approximate surface area is 136 Å². The molecule has 1 aliphatic carbocycles. The third-order valence-electron chi connectivity index (χ3n) is 4.13. The number of hydrogen-bond acceptors (Lipinski definition) is 3. The molecular formula is C16H16BrNO4. The number of aliphatic carboxylic acids is 1. The van der Waals surface area contributed by atoms with Gasteiger partial charge in [0.25, 0.3) is 5.91 Å². The Balaban J connectivity index is 1.74. The maximum absolute atomic E-state index is 12.4. The lowest BCUT2D eigenvalue weighted by Crippen LogP contribution is -2.41. The maximum Gasteiger partial charge on any atom is 0.308 e. The van der Waals surface area contributed by atoms with Crippen molar-refractivity contribution in [3.8, 4) is 5.75 Å². The molecular weight excluding hydrogens is 350 g/mol. The summed E-state index contributed by atoms with van der Waals surface area (Å²) >= 11 is 3.39. The summed E-state index contributed by atoms with van der Waals surface area (Å²) < 4.78 is 6.50. The number of halogens is 1. The van der Waals surface area contributed by atoms with Crippen LogP contribution < -0.4 is 10.1 Å². The first kappa shape index (κ1) is 15.1. The van der Waals surface area contributed by atoms with Gasteiger partial charge in [-0.15, -0.1) is 0 Å². The number of amides is 1. The summed E-state index contributed by atoms with van der Waals surface area (Å²) in [6.07, 6.45) is 3.95. The van der Waals surface area contributed by atoms with E-state index in [1.54, 1.807) is 6.08 Å². The number of hydrogen-bond donors (Lipinski definition) is 2. The molecule has 1 amide bonds. The van der Waals surface area contributed by atoms with Gasteiger partial charge in [0.1, 0.15) is 12.4 Å². The average Bonchev–Trinajstić information content (AvgIpc) is 2.94. The van der Waals surface area contributed by atoms with E-state index in [1.807, 2.05) is 18.2 Å². The highest BCUT2D eigenvalue weighted by molar-refractivity contribution is 9.10. The Morgan fingerprint density at radius 2 is 2.14 bits per heavy atom. The molecule has 0 bridgehead atoms. The van der Waals surface area contributed by atoms with Gasteiger partial charge in [-0.1, -0.05) is 22.4 Å². The summed E-state index contributed by atoms with van der Waals surface area (Å²) in [4.78, 5) is 23.5. The van der Waals surface area contributed by atoms with Crippen molar-refractivity contribution in [3.63, 3.8) is 0 Å². The minimum absolute atomic E-state index is 0.199. The SMILES string of the molecule is O=C(N[C@H]1CCC[C@H]1C(=O)O)C1=Cc2cc(Br)ccc2OC1. The minimum atomic E-state index is -0.842. The molecule has 2 N–H and O–H groups in total. The van der Waals surface area contributed by atoms with E-state index in [0.717, 1.165) is 22.2 Å². The molecule has 116 valence electrons. The molecule has 2 aliphatic rings. The second kappa shape index (κ2) is 6.12. The number of benzene rings is 1. The highest BCUT2D eigenvalue weighted by atomic mass is 79.9. The highest BCUT2D eigenvalue weighted by Crippen LogP contribution is 2.30. The van der Waals surface area contributed by atoms with Crippen molar-refractivity contribution < 1.29 is 19.4 Å². The van der Waals surface area contributed by atoms with Gasteiger partial charge in [0.2, 0.25) is 0 Å². The van der Waals surface area contributed by atoms with Gasteiger partial charge >= 0.3 is 5.97 Å². The van der Waals surface area contributed by atoms with Gasteiger partial charge in [-0.3, -0.25) is 9.59 Å². The van der Waals surface area contributed by atoms with Gasteiger partial charge in [0.05, 0.1) is 11.5 Å². The first-order valence-corrected chi connectivity index (χ1v) is 8.00. The van der Waals surface area contributed by atoms with Gasteiger partial charge in [-0.05, 0) is 37.1 Å². The molecule has 0 unspecified atom stereocenters. The molecule has 22 heavy (non-hydrogen) atoms. The van der Waals surface area contributed by atoms with Crippen LogP contribution in [0.3, 0.4) is 0 Å². The molecule has 0 radical (unpaired) electrons. The summed E-state index contributed by atoms with van der Waals surface area (Å²) in [5, 5.41) is 12.0. The van der Waals surface area contributed by atoms with Crippen LogP contribution in [0.15, 0.2) is 28.2 Å². The molecule has 1 aromatic carbocycles. The van der Waals surface area contributed by atoms with E-state index in [-0.39, 0.29) is 18.6 Å². The zero-order chi connectivity index (χ0) is 15.7. The summed E-state index contributed by atoms with van der Waals surface area (Å²) in [7, 11) is 0. The van der Waals surface area contributed by atoms with E-state index in [9.17, 15) is 14.7 Å². The molecule has 1 fully saturated rings. The first-order chi connectivity index (χ1) is 10.5. The van der Waals surface area contributed by atoms with E-state index in [1.165, 1.54) is 0 Å². The minimum Gasteiger partial charge on any atom is -0.488 e. The number of nitrogens with one attached hydrogen (secondary N) is 1. The lowest BCUT2D eigenvalue weighted by Gasteiger charge is -2.21. The lowest BCUT2D eigenvalue weighted by atomic mass is 10.0. The van der Waals surface area contributed by atoms with Gasteiger partial charge in [0, 0.05) is 16.1 Å². The van der Waals surface area contributed by atoms with Crippen LogP contribution in [-0.2, 0) is 9.59 Å². The van der Waals surface area contributed by atoms with Crippen LogP contribution >= 0.6 is 15.9 Å². The van der Waals surface area contributed by atoms with Crippen LogP contribution in [0, 0.1) is 5.92 Å². The van der Waals surface area contributed by atoms with E-state index in [2.05, 4.69) is 21.2 Å². The third kappa shape index (κ3) is 3.02. The maximum atomic E-state index is 12.4. The van der Waals surface area contributed by atoms with E-state index < -0.39 is 11.9 Å². The number of rotatable bonds is 3. The summed E-state index contributed by atoms with van der Waals surface area (Å²) in [6, 6.07) is 5.32. The van der Waals surface area contributed by atoms with Gasteiger partial charge in [-0.2, -0.15) is 0 Å². The molecule has 0 aromatic heterocycles. The molecule has 1 saturated carbocycles. The topological polar surface area (TPSA) is 75.6 Å². The van der Waals surface area contributed by atoms with Crippen LogP contribution in [0.1, 0.15) is 24.8 Å². The third-order valence-corrected chi connectivity index (χ3v) is 4.62. The fraction of sp³-hybridized carbons (Fsp3) is 0.375. The fourth-order valence-electron chi connectivity index (χ4n) is 2.97. The van der Waals surface area contributed by atoms with Crippen LogP contribution in [0.4, 0.5) is 0 Å². The van der Waals surface area contributed by atoms with Crippen LogP contribution in [0.25, 0.3) is 6.08 Å². The second-order valence-electron chi connectivity index (χ2n) is 5.60. The molecule has 3 rings (SSSR count). The van der Waals surface area contributed by atoms with E-state index in [0.29, 0.717) is 18.4 Å². The van der Waals surface area contributed by atoms with Crippen LogP contribution in [-0.4, -0.2) is 29.6 Å². The average molecular weight is 366 g/mol. The van der Waals surface area contributed by atoms with E-state index in [4.69, 9.17) is 4.74 Å². The predicted molar refractivity (Wildman–Crippen MR) is 84.5 cm³/mol. The Kier molecular flexibility index (Phi) is 4.20. The molecule has 1 aliphatic heterocycles. The Morgan fingerprint density at radius 3 is 2.91 bits per heavy atom. The number of carboxylic acids is 1. The molecule has 1 aromatic rings. The monoisotopic (exact) mass is 365 g/mol. The molecule has 2 atom stereocenters. The van der Waals surface area contributed by atoms with Crippen molar-refractivity contribution in [2.45, 2.75) is 25.3 Å². The molecule has 0 saturated heterocycles. The zero-order valence-electron chi connectivity index (χ0n) is 11.8. The van der Waals surface area contributed by atoms with Crippen LogP contribution in [0.2, 0.25) is 0 Å². The van der Waals surface area contributed by atoms with Gasteiger partial charge < -0.3 is 15.2 Å². The van der Waals surface area contributed by atoms with Crippen molar-refractivity contribution in [2.75, 3.05) is 6.61 Å². The summed E-state index contributed by atoms with van der Waals surface area (Å²) in [5.41, 5.74) is 1.36. The van der Waals surface area contributed by atoms with Crippen molar-refractivity contribution in [2.24, 2.45) is 5.92 Å². The number of carbonyl (C=O) groups is 2. The quantitative estimate of drug-likeness (QED) is 0.862. The number of carbonyl (C=O) groups excluding carboxylic acids is 1.